The number of nitrogens with one attached hydrogen (secondary N) is 1. The third kappa shape index (κ3) is 11.4. The number of rotatable bonds is 7. The summed E-state index contributed by atoms with van der Waals surface area (Å²) < 4.78 is 9.93. The molecule has 0 heterocycles. The molecule has 0 bridgehead atoms. The molecule has 0 aromatic heterocycles. The second-order valence-corrected chi connectivity index (χ2v) is 7.94. The molecular weight excluding hydrogens is 424 g/mol. The number of nitriles is 1. The Morgan fingerprint density at radius 1 is 1.03 bits per heavy atom. The van der Waals surface area contributed by atoms with Crippen molar-refractivity contribution in [3.8, 4) is 6.07 Å². The van der Waals surface area contributed by atoms with Gasteiger partial charge < -0.3 is 19.9 Å². The van der Waals surface area contributed by atoms with Crippen molar-refractivity contribution >= 4 is 18.0 Å². The molecule has 1 amide bonds. The predicted molar refractivity (Wildman–Crippen MR) is 123 cm³/mol. The molecule has 0 atom stereocenters. The van der Waals surface area contributed by atoms with Crippen LogP contribution in [0.2, 0.25) is 0 Å². The van der Waals surface area contributed by atoms with Gasteiger partial charge in [-0.15, -0.1) is 0 Å². The number of aromatic carboxylic acids is 1. The summed E-state index contributed by atoms with van der Waals surface area (Å²) in [7, 11) is 0. The molecule has 0 aliphatic carbocycles. The Morgan fingerprint density at radius 2 is 1.64 bits per heavy atom. The summed E-state index contributed by atoms with van der Waals surface area (Å²) in [6, 6.07) is 15.6. The zero-order valence-electron chi connectivity index (χ0n) is 19.4. The minimum atomic E-state index is -0.957. The predicted octanol–water partition coefficient (Wildman–Crippen LogP) is 4.38. The van der Waals surface area contributed by atoms with E-state index in [1.54, 1.807) is 58.0 Å². The largest absolute Gasteiger partial charge is 0.478 e. The minimum absolute atomic E-state index is 0.245. The molecule has 2 N–H and O–H groups in total. The van der Waals surface area contributed by atoms with Crippen LogP contribution in [0.5, 0.6) is 0 Å². The van der Waals surface area contributed by atoms with Gasteiger partial charge in [-0.3, -0.25) is 0 Å². The van der Waals surface area contributed by atoms with E-state index in [1.165, 1.54) is 6.07 Å². The van der Waals surface area contributed by atoms with Crippen molar-refractivity contribution in [3.63, 3.8) is 0 Å². The van der Waals surface area contributed by atoms with Gasteiger partial charge in [-0.25, -0.2) is 14.4 Å². The quantitative estimate of drug-likeness (QED) is 0.595. The van der Waals surface area contributed by atoms with E-state index in [0.717, 1.165) is 11.1 Å². The van der Waals surface area contributed by atoms with Crippen molar-refractivity contribution in [3.05, 3.63) is 70.8 Å². The Balaban J connectivity index is 0.000000346. The fraction of sp³-hybridized carbons (Fsp3) is 0.360. The van der Waals surface area contributed by atoms with Gasteiger partial charge in [0.2, 0.25) is 0 Å². The Hall–Kier alpha value is -3.86. The molecule has 0 saturated heterocycles. The second-order valence-electron chi connectivity index (χ2n) is 7.94. The van der Waals surface area contributed by atoms with Crippen LogP contribution in [0.1, 0.15) is 59.5 Å². The molecule has 2 aromatic carbocycles. The van der Waals surface area contributed by atoms with Crippen molar-refractivity contribution in [2.24, 2.45) is 0 Å². The van der Waals surface area contributed by atoms with E-state index in [9.17, 15) is 14.4 Å². The average molecular weight is 455 g/mol. The van der Waals surface area contributed by atoms with E-state index < -0.39 is 17.7 Å². The van der Waals surface area contributed by atoms with Crippen LogP contribution in [0.4, 0.5) is 4.79 Å². The molecule has 0 radical (unpaired) electrons. The van der Waals surface area contributed by atoms with Crippen LogP contribution in [0.15, 0.2) is 48.5 Å². The first kappa shape index (κ1) is 27.2. The average Bonchev–Trinajstić information content (AvgIpc) is 2.74. The highest BCUT2D eigenvalue weighted by molar-refractivity contribution is 5.89. The fourth-order valence-electron chi connectivity index (χ4n) is 2.60. The number of carbonyl (C=O) groups is 3. The van der Waals surface area contributed by atoms with Crippen molar-refractivity contribution in [2.45, 2.75) is 46.1 Å². The minimum Gasteiger partial charge on any atom is -0.478 e. The maximum Gasteiger partial charge on any atom is 0.407 e. The van der Waals surface area contributed by atoms with Crippen LogP contribution in [-0.2, 0) is 22.3 Å². The molecule has 0 aliphatic rings. The monoisotopic (exact) mass is 454 g/mol. The SMILES string of the molecule is CC(C)(C)OC(=O)NCCc1cccc(C(=O)O)c1.CCOC(=O)c1cccc(CC#N)c1. The standard InChI is InChI=1S/C14H19NO4.C11H11NO2/c1-14(2,3)19-13(18)15-8-7-10-5-4-6-11(9-10)12(16)17;1-2-14-11(13)10-5-3-4-9(8-10)6-7-12/h4-6,9H,7-8H2,1-3H3,(H,15,18)(H,16,17);3-5,8H,2,6H2,1H3. The van der Waals surface area contributed by atoms with Gasteiger partial charge in [0.1, 0.15) is 5.60 Å². The number of esters is 1. The molecule has 33 heavy (non-hydrogen) atoms. The summed E-state index contributed by atoms with van der Waals surface area (Å²) in [6.07, 6.45) is 0.398. The number of hydrogen-bond acceptors (Lipinski definition) is 6. The van der Waals surface area contributed by atoms with Gasteiger partial charge in [0.15, 0.2) is 0 Å². The molecule has 8 heteroatoms. The second kappa shape index (κ2) is 13.5. The highest BCUT2D eigenvalue weighted by Gasteiger charge is 2.15. The van der Waals surface area contributed by atoms with E-state index >= 15 is 0 Å². The van der Waals surface area contributed by atoms with Crippen LogP contribution in [0.3, 0.4) is 0 Å². The van der Waals surface area contributed by atoms with E-state index in [-0.39, 0.29) is 11.5 Å². The Morgan fingerprint density at radius 3 is 2.21 bits per heavy atom. The molecule has 2 rings (SSSR count). The Labute approximate surface area is 194 Å². The topological polar surface area (TPSA) is 126 Å². The van der Waals surface area contributed by atoms with Crippen molar-refractivity contribution in [2.75, 3.05) is 13.2 Å². The van der Waals surface area contributed by atoms with E-state index in [1.807, 2.05) is 18.2 Å². The van der Waals surface area contributed by atoms with Gasteiger partial charge in [-0.2, -0.15) is 5.26 Å². The van der Waals surface area contributed by atoms with Crippen LogP contribution in [-0.4, -0.2) is 41.9 Å². The molecule has 8 nitrogen and oxygen atoms in total. The number of hydrogen-bond donors (Lipinski definition) is 2. The number of benzene rings is 2. The molecule has 2 aromatic rings. The lowest BCUT2D eigenvalue weighted by molar-refractivity contribution is 0.0516. The third-order valence-electron chi connectivity index (χ3n) is 3.98. The molecule has 0 fully saturated rings. The lowest BCUT2D eigenvalue weighted by Gasteiger charge is -2.19. The van der Waals surface area contributed by atoms with Gasteiger partial charge in [-0.05, 0) is 69.5 Å². The first-order chi connectivity index (χ1) is 15.6. The van der Waals surface area contributed by atoms with Crippen LogP contribution in [0.25, 0.3) is 0 Å². The van der Waals surface area contributed by atoms with Gasteiger partial charge in [0.05, 0.1) is 30.2 Å². The first-order valence-corrected chi connectivity index (χ1v) is 10.5. The Kier molecular flexibility index (Phi) is 11.1. The highest BCUT2D eigenvalue weighted by Crippen LogP contribution is 2.08. The number of nitrogens with zero attached hydrogens (tertiary/aromatic N) is 1. The van der Waals surface area contributed by atoms with Crippen molar-refractivity contribution in [1.29, 1.82) is 5.26 Å². The van der Waals surface area contributed by atoms with E-state index in [0.29, 0.717) is 31.6 Å². The van der Waals surface area contributed by atoms with E-state index in [2.05, 4.69) is 5.32 Å². The zero-order chi connectivity index (χ0) is 24.9. The maximum absolute atomic E-state index is 11.4. The summed E-state index contributed by atoms with van der Waals surface area (Å²) in [5.41, 5.74) is 1.91. The Bertz CT molecular complexity index is 989. The van der Waals surface area contributed by atoms with Crippen LogP contribution >= 0.6 is 0 Å². The smallest absolute Gasteiger partial charge is 0.407 e. The number of amides is 1. The number of alkyl carbamates (subject to hydrolysis) is 1. The molecule has 0 saturated carbocycles. The summed E-state index contributed by atoms with van der Waals surface area (Å²) in [5, 5.41) is 20.0. The summed E-state index contributed by atoms with van der Waals surface area (Å²) >= 11 is 0. The number of carbonyl (C=O) groups excluding carboxylic acids is 2. The molecule has 0 spiro atoms. The van der Waals surface area contributed by atoms with Crippen molar-refractivity contribution < 1.29 is 29.0 Å². The van der Waals surface area contributed by atoms with Gasteiger partial charge >= 0.3 is 18.0 Å². The highest BCUT2D eigenvalue weighted by atomic mass is 16.6. The molecule has 0 unspecified atom stereocenters. The maximum atomic E-state index is 11.4. The lowest BCUT2D eigenvalue weighted by atomic mass is 10.1. The van der Waals surface area contributed by atoms with Gasteiger partial charge in [0, 0.05) is 6.54 Å². The van der Waals surface area contributed by atoms with Crippen LogP contribution in [0, 0.1) is 11.3 Å². The summed E-state index contributed by atoms with van der Waals surface area (Å²) in [6.45, 7) is 7.91. The van der Waals surface area contributed by atoms with Crippen molar-refractivity contribution in [1.82, 2.24) is 5.32 Å². The number of carboxylic acid groups (broad SMARTS) is 1. The summed E-state index contributed by atoms with van der Waals surface area (Å²) in [4.78, 5) is 33.5. The van der Waals surface area contributed by atoms with Gasteiger partial charge in [-0.1, -0.05) is 24.3 Å². The fourth-order valence-corrected chi connectivity index (χ4v) is 2.60. The normalized spacial score (nSPS) is 10.2. The summed E-state index contributed by atoms with van der Waals surface area (Å²) in [5.74, 6) is -1.30. The zero-order valence-corrected chi connectivity index (χ0v) is 19.4. The van der Waals surface area contributed by atoms with E-state index in [4.69, 9.17) is 19.8 Å². The van der Waals surface area contributed by atoms with Crippen LogP contribution < -0.4 is 5.32 Å². The number of ether oxygens (including phenoxy) is 2. The molecule has 176 valence electrons. The number of carboxylic acids is 1. The van der Waals surface area contributed by atoms with Gasteiger partial charge in [0.25, 0.3) is 0 Å². The molecular formula is C25H30N2O6. The third-order valence-corrected chi connectivity index (χ3v) is 3.98. The first-order valence-electron chi connectivity index (χ1n) is 10.5. The lowest BCUT2D eigenvalue weighted by Crippen LogP contribution is -2.33. The molecule has 0 aliphatic heterocycles.